The van der Waals surface area contributed by atoms with E-state index in [1.54, 1.807) is 25.3 Å². The minimum absolute atomic E-state index is 0.0229. The van der Waals surface area contributed by atoms with Crippen molar-refractivity contribution in [1.29, 1.82) is 0 Å². The number of nitrogens with zero attached hydrogens (tertiary/aromatic N) is 4. The molecule has 0 fully saturated rings. The number of rotatable bonds is 13. The molecule has 0 bridgehead atoms. The van der Waals surface area contributed by atoms with Crippen LogP contribution in [0.15, 0.2) is 76.7 Å². The van der Waals surface area contributed by atoms with Crippen LogP contribution in [0.2, 0.25) is 0 Å². The van der Waals surface area contributed by atoms with Gasteiger partial charge in [0.15, 0.2) is 0 Å². The first kappa shape index (κ1) is 30.2. The van der Waals surface area contributed by atoms with Crippen molar-refractivity contribution in [3.05, 3.63) is 83.7 Å². The number of aromatic nitrogens is 1. The number of hydrazone groups is 1. The summed E-state index contributed by atoms with van der Waals surface area (Å²) in [6, 6.07) is 16.6. The lowest BCUT2D eigenvalue weighted by molar-refractivity contribution is 0.0987. The van der Waals surface area contributed by atoms with Gasteiger partial charge in [0, 0.05) is 32.9 Å². The number of sulfonamides is 1. The predicted octanol–water partition coefficient (Wildman–Crippen LogP) is 4.41. The number of anilines is 1. The van der Waals surface area contributed by atoms with E-state index in [2.05, 4.69) is 10.1 Å². The normalized spacial score (nSPS) is 11.9. The van der Waals surface area contributed by atoms with Crippen LogP contribution in [0.3, 0.4) is 0 Å². The fraction of sp³-hybridized carbons (Fsp3) is 0.250. The molecule has 0 saturated carbocycles. The zero-order valence-electron chi connectivity index (χ0n) is 22.7. The Bertz CT molecular complexity index is 1600. The number of carbonyl (C=O) groups is 1. The molecule has 4 aromatic rings. The minimum Gasteiger partial charge on any atom is -0.497 e. The van der Waals surface area contributed by atoms with E-state index >= 15 is 0 Å². The molecule has 0 aliphatic heterocycles. The summed E-state index contributed by atoms with van der Waals surface area (Å²) in [6.07, 6.45) is 1.42. The van der Waals surface area contributed by atoms with Gasteiger partial charge in [0.05, 0.1) is 41.7 Å². The molecule has 1 amide bonds. The number of amides is 1. The average Bonchev–Trinajstić information content (AvgIpc) is 3.41. The summed E-state index contributed by atoms with van der Waals surface area (Å²) in [5, 5.41) is 5.80. The van der Waals surface area contributed by atoms with Gasteiger partial charge in [0.2, 0.25) is 15.2 Å². The number of methoxy groups -OCH3 is 3. The summed E-state index contributed by atoms with van der Waals surface area (Å²) in [5.74, 6) is -0.288. The third kappa shape index (κ3) is 7.31. The van der Waals surface area contributed by atoms with Gasteiger partial charge >= 0.3 is 0 Å². The van der Waals surface area contributed by atoms with E-state index < -0.39 is 21.7 Å². The number of fused-ring (bicyclic) bond motifs is 1. The van der Waals surface area contributed by atoms with Gasteiger partial charge in [-0.25, -0.2) is 17.8 Å². The molecule has 216 valence electrons. The number of halogens is 1. The summed E-state index contributed by atoms with van der Waals surface area (Å²) < 4.78 is 57.4. The maximum Gasteiger partial charge on any atom is 0.280 e. The van der Waals surface area contributed by atoms with Crippen molar-refractivity contribution in [2.75, 3.05) is 52.6 Å². The van der Waals surface area contributed by atoms with E-state index in [9.17, 15) is 17.6 Å². The van der Waals surface area contributed by atoms with Gasteiger partial charge in [-0.15, -0.1) is 0 Å². The smallest absolute Gasteiger partial charge is 0.280 e. The number of carbonyl (C=O) groups excluding carboxylic acids is 1. The van der Waals surface area contributed by atoms with Gasteiger partial charge in [0.1, 0.15) is 11.6 Å². The van der Waals surface area contributed by atoms with Gasteiger partial charge in [-0.05, 0) is 60.2 Å². The molecule has 0 unspecified atom stereocenters. The highest BCUT2D eigenvalue weighted by molar-refractivity contribution is 7.89. The lowest BCUT2D eigenvalue weighted by atomic mass is 10.2. The van der Waals surface area contributed by atoms with E-state index in [-0.39, 0.29) is 36.8 Å². The first-order valence-corrected chi connectivity index (χ1v) is 14.7. The Balaban J connectivity index is 1.67. The van der Waals surface area contributed by atoms with E-state index in [4.69, 9.17) is 14.2 Å². The molecule has 4 rings (SSSR count). The zero-order valence-corrected chi connectivity index (χ0v) is 24.3. The molecule has 13 heteroatoms. The van der Waals surface area contributed by atoms with Crippen molar-refractivity contribution in [2.45, 2.75) is 4.90 Å². The summed E-state index contributed by atoms with van der Waals surface area (Å²) in [4.78, 5) is 18.3. The van der Waals surface area contributed by atoms with Crippen LogP contribution in [0.1, 0.15) is 15.9 Å². The third-order valence-electron chi connectivity index (χ3n) is 5.98. The second-order valence-electron chi connectivity index (χ2n) is 8.66. The summed E-state index contributed by atoms with van der Waals surface area (Å²) in [6.45, 7) is 0.734. The molecule has 0 aliphatic carbocycles. The van der Waals surface area contributed by atoms with Crippen LogP contribution in [0, 0.1) is 5.82 Å². The summed E-state index contributed by atoms with van der Waals surface area (Å²) >= 11 is 1.24. The Morgan fingerprint density at radius 2 is 1.63 bits per heavy atom. The second kappa shape index (κ2) is 13.7. The Labute approximate surface area is 241 Å². The van der Waals surface area contributed by atoms with Crippen molar-refractivity contribution >= 4 is 48.8 Å². The zero-order chi connectivity index (χ0) is 29.4. The Kier molecular flexibility index (Phi) is 10.1. The quantitative estimate of drug-likeness (QED) is 0.165. The first-order chi connectivity index (χ1) is 19.8. The van der Waals surface area contributed by atoms with Crippen LogP contribution < -0.4 is 9.75 Å². The Hall–Kier alpha value is -3.75. The number of hydrogen-bond acceptors (Lipinski definition) is 9. The molecule has 0 saturated heterocycles. The minimum atomic E-state index is -3.87. The van der Waals surface area contributed by atoms with E-state index in [1.807, 2.05) is 0 Å². The van der Waals surface area contributed by atoms with Gasteiger partial charge in [-0.1, -0.05) is 23.5 Å². The van der Waals surface area contributed by atoms with Crippen LogP contribution in [0.5, 0.6) is 5.75 Å². The molecule has 0 atom stereocenters. The van der Waals surface area contributed by atoms with Crippen LogP contribution in [-0.4, -0.2) is 77.5 Å². The maximum absolute atomic E-state index is 13.7. The van der Waals surface area contributed by atoms with Crippen LogP contribution in [0.25, 0.3) is 10.2 Å². The van der Waals surface area contributed by atoms with Crippen molar-refractivity contribution in [1.82, 2.24) is 9.29 Å². The highest BCUT2D eigenvalue weighted by Gasteiger charge is 2.26. The maximum atomic E-state index is 13.7. The fourth-order valence-electron chi connectivity index (χ4n) is 3.75. The number of hydrogen-bond donors (Lipinski definition) is 0. The fourth-order valence-corrected chi connectivity index (χ4v) is 6.11. The van der Waals surface area contributed by atoms with E-state index in [1.165, 1.54) is 84.6 Å². The number of benzene rings is 3. The molecule has 0 radical (unpaired) electrons. The molecule has 41 heavy (non-hydrogen) atoms. The highest BCUT2D eigenvalue weighted by atomic mass is 32.2. The molecule has 0 spiro atoms. The molecule has 10 nitrogen and oxygen atoms in total. The third-order valence-corrected chi connectivity index (χ3v) is 8.89. The molecule has 0 N–H and O–H groups in total. The lowest BCUT2D eigenvalue weighted by Crippen LogP contribution is -2.36. The molecule has 1 aromatic heterocycles. The SMILES string of the molecule is COCCN(CCOC)S(=O)(=O)c1ccc(C(=O)N(/N=C/c2ccc(F)cc2)c2nc3ccc(OC)cc3s2)cc1. The van der Waals surface area contributed by atoms with Crippen LogP contribution >= 0.6 is 11.3 Å². The van der Waals surface area contributed by atoms with Gasteiger partial charge in [0.25, 0.3) is 5.91 Å². The average molecular weight is 601 g/mol. The standard InChI is InChI=1S/C28H29FN4O6S2/c1-37-16-14-32(15-17-38-2)41(35,36)24-11-6-21(7-12-24)27(34)33(30-19-20-4-8-22(29)9-5-20)28-31-25-13-10-23(39-3)18-26(25)40-28/h4-13,18-19H,14-17H2,1-3H3/b30-19+. The van der Waals surface area contributed by atoms with Gasteiger partial charge in [-0.2, -0.15) is 14.4 Å². The van der Waals surface area contributed by atoms with Crippen LogP contribution in [-0.2, 0) is 19.5 Å². The monoisotopic (exact) mass is 600 g/mol. The molecule has 0 aliphatic rings. The second-order valence-corrected chi connectivity index (χ2v) is 11.6. The topological polar surface area (TPSA) is 111 Å². The van der Waals surface area contributed by atoms with E-state index in [0.29, 0.717) is 22.0 Å². The van der Waals surface area contributed by atoms with Gasteiger partial charge in [-0.3, -0.25) is 4.79 Å². The van der Waals surface area contributed by atoms with Crippen molar-refractivity contribution in [2.24, 2.45) is 5.10 Å². The first-order valence-electron chi connectivity index (χ1n) is 12.4. The van der Waals surface area contributed by atoms with Crippen molar-refractivity contribution in [3.63, 3.8) is 0 Å². The summed E-state index contributed by atoms with van der Waals surface area (Å²) in [7, 11) is 0.679. The van der Waals surface area contributed by atoms with Crippen molar-refractivity contribution in [3.8, 4) is 5.75 Å². The molecular formula is C28H29FN4O6S2. The summed E-state index contributed by atoms with van der Waals surface area (Å²) in [5.41, 5.74) is 1.41. The van der Waals surface area contributed by atoms with E-state index in [0.717, 1.165) is 9.71 Å². The Morgan fingerprint density at radius 3 is 2.24 bits per heavy atom. The largest absolute Gasteiger partial charge is 0.497 e. The molecule has 1 heterocycles. The predicted molar refractivity (Wildman–Crippen MR) is 156 cm³/mol. The molecule has 3 aromatic carbocycles. The molecular weight excluding hydrogens is 571 g/mol. The highest BCUT2D eigenvalue weighted by Crippen LogP contribution is 2.32. The van der Waals surface area contributed by atoms with Gasteiger partial charge < -0.3 is 14.2 Å². The number of thiazole rings is 1. The Morgan fingerprint density at radius 1 is 0.976 bits per heavy atom. The lowest BCUT2D eigenvalue weighted by Gasteiger charge is -2.21. The van der Waals surface area contributed by atoms with Crippen LogP contribution in [0.4, 0.5) is 9.52 Å². The number of ether oxygens (including phenoxy) is 3. The van der Waals surface area contributed by atoms with Crippen molar-refractivity contribution < 1.29 is 31.8 Å².